The van der Waals surface area contributed by atoms with Crippen LogP contribution < -0.4 is 10.6 Å². The van der Waals surface area contributed by atoms with Crippen LogP contribution in [-0.4, -0.2) is 47.9 Å². The molecule has 3 N–H and O–H groups in total. The van der Waals surface area contributed by atoms with Gasteiger partial charge in [0.25, 0.3) is 0 Å². The highest BCUT2D eigenvalue weighted by Crippen LogP contribution is 2.44. The van der Waals surface area contributed by atoms with Crippen LogP contribution in [0.15, 0.2) is 78.9 Å². The van der Waals surface area contributed by atoms with Crippen LogP contribution in [0.4, 0.5) is 4.79 Å². The topological polar surface area (TPSA) is 114 Å². The summed E-state index contributed by atoms with van der Waals surface area (Å²) in [5.41, 5.74) is 5.29. The molecule has 4 rings (SSSR count). The second-order valence-corrected chi connectivity index (χ2v) is 10.5. The van der Waals surface area contributed by atoms with Gasteiger partial charge in [0.05, 0.1) is 12.7 Å². The van der Waals surface area contributed by atoms with Crippen molar-refractivity contribution in [1.82, 2.24) is 10.6 Å². The first-order valence-corrected chi connectivity index (χ1v) is 13.5. The summed E-state index contributed by atoms with van der Waals surface area (Å²) >= 11 is 0. The molecular weight excluding hydrogens is 508 g/mol. The van der Waals surface area contributed by atoms with E-state index in [9.17, 15) is 19.5 Å². The van der Waals surface area contributed by atoms with Crippen molar-refractivity contribution in [2.75, 3.05) is 6.61 Å². The van der Waals surface area contributed by atoms with Crippen LogP contribution >= 0.6 is 0 Å². The number of hydrogen-bond acceptors (Lipinski definition) is 5. The molecule has 0 unspecified atom stereocenters. The highest BCUT2D eigenvalue weighted by atomic mass is 16.5. The fraction of sp³-hybridized carbons (Fsp3) is 0.344. The highest BCUT2D eigenvalue weighted by Gasteiger charge is 2.33. The Morgan fingerprint density at radius 1 is 0.825 bits per heavy atom. The van der Waals surface area contributed by atoms with Crippen molar-refractivity contribution < 1.29 is 29.0 Å². The molecule has 0 saturated carbocycles. The van der Waals surface area contributed by atoms with Gasteiger partial charge in [-0.25, -0.2) is 9.59 Å². The molecule has 210 valence electrons. The van der Waals surface area contributed by atoms with E-state index in [2.05, 4.69) is 22.8 Å². The molecule has 8 nitrogen and oxygen atoms in total. The first-order chi connectivity index (χ1) is 19.2. The van der Waals surface area contributed by atoms with Gasteiger partial charge in [-0.05, 0) is 47.1 Å². The second-order valence-electron chi connectivity index (χ2n) is 10.5. The number of amides is 2. The van der Waals surface area contributed by atoms with Crippen LogP contribution in [0, 0.1) is 5.92 Å². The number of nitrogens with one attached hydrogen (secondary N) is 2. The maximum Gasteiger partial charge on any atom is 0.407 e. The zero-order valence-electron chi connectivity index (χ0n) is 23.0. The van der Waals surface area contributed by atoms with Crippen molar-refractivity contribution in [3.8, 4) is 11.1 Å². The Morgan fingerprint density at radius 2 is 1.40 bits per heavy atom. The van der Waals surface area contributed by atoms with Crippen LogP contribution in [0.3, 0.4) is 0 Å². The van der Waals surface area contributed by atoms with Crippen LogP contribution in [-0.2, 0) is 25.7 Å². The SMILES string of the molecule is CC(C)C[C@@H](NC(=O)OCC1c2ccccc2-c2ccccc21)C(=O)N[C@H](C(=O)O)[C@@H](C)OCc1ccccc1. The summed E-state index contributed by atoms with van der Waals surface area (Å²) in [6, 6.07) is 23.2. The van der Waals surface area contributed by atoms with Gasteiger partial charge in [-0.15, -0.1) is 0 Å². The quantitative estimate of drug-likeness (QED) is 0.292. The van der Waals surface area contributed by atoms with E-state index in [0.717, 1.165) is 27.8 Å². The normalized spacial score (nSPS) is 14.5. The number of rotatable bonds is 12. The minimum Gasteiger partial charge on any atom is -0.480 e. The lowest BCUT2D eigenvalue weighted by Gasteiger charge is -2.26. The van der Waals surface area contributed by atoms with E-state index in [1.807, 2.05) is 80.6 Å². The molecule has 0 spiro atoms. The smallest absolute Gasteiger partial charge is 0.407 e. The lowest BCUT2D eigenvalue weighted by atomic mass is 9.98. The highest BCUT2D eigenvalue weighted by molar-refractivity contribution is 5.89. The average Bonchev–Trinajstić information content (AvgIpc) is 3.26. The Kier molecular flexibility index (Phi) is 9.56. The standard InChI is InChI=1S/C32H36N2O6/c1-20(2)17-28(30(35)34-29(31(36)37)21(3)39-18-22-11-5-4-6-12-22)33-32(38)40-19-27-25-15-9-7-13-23(25)24-14-8-10-16-26(24)27/h4-16,20-21,27-29H,17-19H2,1-3H3,(H,33,38)(H,34,35)(H,36,37)/t21-,28-,29+/m1/s1. The molecule has 0 aliphatic heterocycles. The van der Waals surface area contributed by atoms with Crippen LogP contribution in [0.5, 0.6) is 0 Å². The fourth-order valence-electron chi connectivity index (χ4n) is 5.02. The predicted molar refractivity (Wildman–Crippen MR) is 152 cm³/mol. The molecule has 0 heterocycles. The summed E-state index contributed by atoms with van der Waals surface area (Å²) in [6.45, 7) is 5.74. The third-order valence-electron chi connectivity index (χ3n) is 7.05. The zero-order valence-corrected chi connectivity index (χ0v) is 23.0. The van der Waals surface area contributed by atoms with Gasteiger partial charge in [0.15, 0.2) is 6.04 Å². The lowest BCUT2D eigenvalue weighted by Crippen LogP contribution is -2.55. The van der Waals surface area contributed by atoms with Crippen LogP contribution in [0.2, 0.25) is 0 Å². The number of aliphatic carboxylic acids is 1. The molecule has 3 aromatic rings. The Hall–Kier alpha value is -4.17. The summed E-state index contributed by atoms with van der Waals surface area (Å²) in [7, 11) is 0. The maximum atomic E-state index is 13.2. The molecule has 0 radical (unpaired) electrons. The van der Waals surface area contributed by atoms with Crippen molar-refractivity contribution >= 4 is 18.0 Å². The molecule has 40 heavy (non-hydrogen) atoms. The second kappa shape index (κ2) is 13.3. The number of benzene rings is 3. The molecule has 0 aromatic heterocycles. The number of ether oxygens (including phenoxy) is 2. The number of carbonyl (C=O) groups is 3. The third-order valence-corrected chi connectivity index (χ3v) is 7.05. The Bertz CT molecular complexity index is 1280. The third kappa shape index (κ3) is 7.07. The Morgan fingerprint density at radius 3 is 1.98 bits per heavy atom. The Labute approximate surface area is 234 Å². The van der Waals surface area contributed by atoms with Gasteiger partial charge in [0.1, 0.15) is 12.6 Å². The monoisotopic (exact) mass is 544 g/mol. The molecule has 0 fully saturated rings. The van der Waals surface area contributed by atoms with Gasteiger partial charge in [0.2, 0.25) is 5.91 Å². The van der Waals surface area contributed by atoms with Gasteiger partial charge in [-0.1, -0.05) is 92.7 Å². The van der Waals surface area contributed by atoms with E-state index in [0.29, 0.717) is 6.42 Å². The van der Waals surface area contributed by atoms with E-state index in [-0.39, 0.29) is 25.0 Å². The summed E-state index contributed by atoms with van der Waals surface area (Å²) in [4.78, 5) is 38.1. The van der Waals surface area contributed by atoms with E-state index < -0.39 is 36.2 Å². The molecule has 1 aliphatic rings. The van der Waals surface area contributed by atoms with E-state index in [4.69, 9.17) is 9.47 Å². The van der Waals surface area contributed by atoms with Crippen molar-refractivity contribution in [2.24, 2.45) is 5.92 Å². The van der Waals surface area contributed by atoms with Crippen molar-refractivity contribution in [1.29, 1.82) is 0 Å². The number of alkyl carbamates (subject to hydrolysis) is 1. The molecule has 3 atom stereocenters. The summed E-state index contributed by atoms with van der Waals surface area (Å²) in [5, 5.41) is 15.0. The first kappa shape index (κ1) is 28.8. The number of fused-ring (bicyclic) bond motifs is 3. The summed E-state index contributed by atoms with van der Waals surface area (Å²) in [6.07, 6.45) is -1.24. The molecule has 0 saturated heterocycles. The summed E-state index contributed by atoms with van der Waals surface area (Å²) < 4.78 is 11.4. The van der Waals surface area contributed by atoms with Gasteiger partial charge in [-0.3, -0.25) is 4.79 Å². The number of hydrogen-bond donors (Lipinski definition) is 3. The number of carboxylic acid groups (broad SMARTS) is 1. The molecular formula is C32H36N2O6. The van der Waals surface area contributed by atoms with Gasteiger partial charge < -0.3 is 25.2 Å². The van der Waals surface area contributed by atoms with Gasteiger partial charge in [0, 0.05) is 5.92 Å². The largest absolute Gasteiger partial charge is 0.480 e. The number of carbonyl (C=O) groups excluding carboxylic acids is 2. The minimum absolute atomic E-state index is 0.0552. The Balaban J connectivity index is 1.38. The molecule has 8 heteroatoms. The summed E-state index contributed by atoms with van der Waals surface area (Å²) in [5.74, 6) is -1.89. The average molecular weight is 545 g/mol. The van der Waals surface area contributed by atoms with Crippen molar-refractivity contribution in [3.63, 3.8) is 0 Å². The number of carboxylic acids is 1. The minimum atomic E-state index is -1.30. The first-order valence-electron chi connectivity index (χ1n) is 13.5. The van der Waals surface area contributed by atoms with E-state index in [1.54, 1.807) is 6.92 Å². The lowest BCUT2D eigenvalue weighted by molar-refractivity contribution is -0.146. The maximum absolute atomic E-state index is 13.2. The van der Waals surface area contributed by atoms with Gasteiger partial charge >= 0.3 is 12.1 Å². The van der Waals surface area contributed by atoms with Crippen molar-refractivity contribution in [2.45, 2.75) is 57.9 Å². The van der Waals surface area contributed by atoms with Crippen LogP contribution in [0.1, 0.15) is 49.8 Å². The zero-order chi connectivity index (χ0) is 28.6. The molecule has 0 bridgehead atoms. The van der Waals surface area contributed by atoms with E-state index >= 15 is 0 Å². The van der Waals surface area contributed by atoms with Gasteiger partial charge in [-0.2, -0.15) is 0 Å². The van der Waals surface area contributed by atoms with E-state index in [1.165, 1.54) is 0 Å². The molecule has 1 aliphatic carbocycles. The van der Waals surface area contributed by atoms with Crippen LogP contribution in [0.25, 0.3) is 11.1 Å². The predicted octanol–water partition coefficient (Wildman–Crippen LogP) is 5.11. The molecule has 2 amide bonds. The molecule has 3 aromatic carbocycles. The van der Waals surface area contributed by atoms with Crippen molar-refractivity contribution in [3.05, 3.63) is 95.6 Å². The fourth-order valence-corrected chi connectivity index (χ4v) is 5.02.